The second-order valence-electron chi connectivity index (χ2n) is 2.99. The van der Waals surface area contributed by atoms with E-state index in [0.29, 0.717) is 18.7 Å². The van der Waals surface area contributed by atoms with Crippen LogP contribution in [0, 0.1) is 0 Å². The van der Waals surface area contributed by atoms with Gasteiger partial charge in [0.05, 0.1) is 18.4 Å². The molecule has 82 valence electrons. The Bertz CT molecular complexity index is 357. The number of hydrogen-bond donors (Lipinski definition) is 0. The van der Waals surface area contributed by atoms with Crippen molar-refractivity contribution in [2.75, 3.05) is 6.61 Å². The van der Waals surface area contributed by atoms with E-state index < -0.39 is 5.97 Å². The number of aromatic nitrogens is 2. The lowest BCUT2D eigenvalue weighted by Crippen LogP contribution is -2.10. The molecule has 15 heavy (non-hydrogen) atoms. The molecule has 0 unspecified atom stereocenters. The normalized spacial score (nSPS) is 10.0. The van der Waals surface area contributed by atoms with Crippen molar-refractivity contribution in [2.45, 2.75) is 26.8 Å². The van der Waals surface area contributed by atoms with Crippen LogP contribution >= 0.6 is 0 Å². The van der Waals surface area contributed by atoms with Gasteiger partial charge < -0.3 is 4.74 Å². The van der Waals surface area contributed by atoms with E-state index in [1.807, 2.05) is 6.92 Å². The molecule has 0 fully saturated rings. The van der Waals surface area contributed by atoms with Crippen LogP contribution in [0.5, 0.6) is 0 Å². The molecule has 0 saturated heterocycles. The zero-order valence-corrected chi connectivity index (χ0v) is 8.90. The molecule has 0 aliphatic rings. The Morgan fingerprint density at radius 2 is 2.20 bits per heavy atom. The van der Waals surface area contributed by atoms with Gasteiger partial charge in [0.2, 0.25) is 0 Å². The molecule has 1 heterocycles. The fraction of sp³-hybridized carbons (Fsp3) is 0.500. The van der Waals surface area contributed by atoms with Gasteiger partial charge in [-0.3, -0.25) is 14.3 Å². The predicted octanol–water partition coefficient (Wildman–Crippen LogP) is 1.04. The Hall–Kier alpha value is -1.65. The fourth-order valence-electron chi connectivity index (χ4n) is 1.13. The first kappa shape index (κ1) is 11.4. The molecular weight excluding hydrogens is 196 g/mol. The number of Topliss-reactive ketones (excluding diaryl/α,β-unsaturated/α-hetero) is 1. The third kappa shape index (κ3) is 3.19. The zero-order chi connectivity index (χ0) is 11.3. The third-order valence-electron chi connectivity index (χ3n) is 1.89. The van der Waals surface area contributed by atoms with E-state index in [1.54, 1.807) is 17.8 Å². The average molecular weight is 210 g/mol. The molecule has 0 radical (unpaired) electrons. The summed E-state index contributed by atoms with van der Waals surface area (Å²) in [5, 5.41) is 3.95. The smallest absolute Gasteiger partial charge is 0.313 e. The Kier molecular flexibility index (Phi) is 4.03. The molecule has 0 aliphatic carbocycles. The van der Waals surface area contributed by atoms with E-state index in [-0.39, 0.29) is 12.2 Å². The second kappa shape index (κ2) is 5.29. The summed E-state index contributed by atoms with van der Waals surface area (Å²) in [6.45, 7) is 4.62. The summed E-state index contributed by atoms with van der Waals surface area (Å²) in [5.41, 5.74) is 0.449. The molecule has 0 aromatic carbocycles. The highest BCUT2D eigenvalue weighted by Gasteiger charge is 2.13. The topological polar surface area (TPSA) is 61.2 Å². The monoisotopic (exact) mass is 210 g/mol. The van der Waals surface area contributed by atoms with E-state index in [4.69, 9.17) is 0 Å². The average Bonchev–Trinajstić information content (AvgIpc) is 2.66. The second-order valence-corrected chi connectivity index (χ2v) is 2.99. The predicted molar refractivity (Wildman–Crippen MR) is 53.5 cm³/mol. The van der Waals surface area contributed by atoms with Gasteiger partial charge in [0.25, 0.3) is 0 Å². The first-order chi connectivity index (χ1) is 7.17. The third-order valence-corrected chi connectivity index (χ3v) is 1.89. The summed E-state index contributed by atoms with van der Waals surface area (Å²) < 4.78 is 6.32. The molecule has 0 spiro atoms. The lowest BCUT2D eigenvalue weighted by atomic mass is 10.2. The van der Waals surface area contributed by atoms with E-state index in [2.05, 4.69) is 9.84 Å². The zero-order valence-electron chi connectivity index (χ0n) is 8.90. The maximum Gasteiger partial charge on any atom is 0.313 e. The lowest BCUT2D eigenvalue weighted by Gasteiger charge is -1.98. The van der Waals surface area contributed by atoms with Crippen LogP contribution in [0.15, 0.2) is 12.4 Å². The van der Waals surface area contributed by atoms with Gasteiger partial charge >= 0.3 is 5.97 Å². The molecule has 0 atom stereocenters. The van der Waals surface area contributed by atoms with Crippen LogP contribution in [0.1, 0.15) is 30.6 Å². The van der Waals surface area contributed by atoms with Crippen molar-refractivity contribution in [2.24, 2.45) is 0 Å². The van der Waals surface area contributed by atoms with Gasteiger partial charge in [0.15, 0.2) is 5.78 Å². The maximum atomic E-state index is 11.5. The van der Waals surface area contributed by atoms with E-state index in [1.165, 1.54) is 6.20 Å². The minimum Gasteiger partial charge on any atom is -0.466 e. The number of esters is 1. The first-order valence-electron chi connectivity index (χ1n) is 4.88. The summed E-state index contributed by atoms with van der Waals surface area (Å²) in [5.74, 6) is -0.750. The fourth-order valence-corrected chi connectivity index (χ4v) is 1.13. The number of ether oxygens (including phenoxy) is 1. The Morgan fingerprint density at radius 1 is 1.47 bits per heavy atom. The molecule has 5 heteroatoms. The minimum absolute atomic E-state index is 0.219. The van der Waals surface area contributed by atoms with Crippen LogP contribution in [0.2, 0.25) is 0 Å². The van der Waals surface area contributed by atoms with Crippen molar-refractivity contribution in [3.8, 4) is 0 Å². The van der Waals surface area contributed by atoms with Crippen molar-refractivity contribution in [1.82, 2.24) is 9.78 Å². The summed E-state index contributed by atoms with van der Waals surface area (Å²) in [6, 6.07) is 0. The molecule has 1 aromatic heterocycles. The molecule has 0 bridgehead atoms. The van der Waals surface area contributed by atoms with Gasteiger partial charge in [-0.1, -0.05) is 0 Å². The highest BCUT2D eigenvalue weighted by molar-refractivity contribution is 6.05. The number of nitrogens with zero attached hydrogens (tertiary/aromatic N) is 2. The Labute approximate surface area is 88.0 Å². The van der Waals surface area contributed by atoms with Crippen LogP contribution in [0.3, 0.4) is 0 Å². The number of carbonyl (C=O) groups excluding carboxylic acids is 2. The van der Waals surface area contributed by atoms with E-state index >= 15 is 0 Å². The van der Waals surface area contributed by atoms with Crippen LogP contribution in [-0.2, 0) is 16.1 Å². The molecule has 1 aromatic rings. The molecule has 0 amide bonds. The maximum absolute atomic E-state index is 11.5. The Morgan fingerprint density at radius 3 is 2.73 bits per heavy atom. The van der Waals surface area contributed by atoms with E-state index in [9.17, 15) is 9.59 Å². The molecule has 0 aliphatic heterocycles. The number of ketones is 1. The summed E-state index contributed by atoms with van der Waals surface area (Å²) in [6.07, 6.45) is 2.87. The summed E-state index contributed by atoms with van der Waals surface area (Å²) in [4.78, 5) is 22.5. The van der Waals surface area contributed by atoms with Crippen molar-refractivity contribution in [3.63, 3.8) is 0 Å². The number of hydrogen-bond acceptors (Lipinski definition) is 4. The molecule has 0 N–H and O–H groups in total. The van der Waals surface area contributed by atoms with Gasteiger partial charge in [-0.15, -0.1) is 0 Å². The Balaban J connectivity index is 2.57. The van der Waals surface area contributed by atoms with Crippen molar-refractivity contribution in [3.05, 3.63) is 18.0 Å². The van der Waals surface area contributed by atoms with Gasteiger partial charge in [0, 0.05) is 12.7 Å². The molecular formula is C10H14N2O3. The highest BCUT2D eigenvalue weighted by Crippen LogP contribution is 2.03. The summed E-state index contributed by atoms with van der Waals surface area (Å²) in [7, 11) is 0. The summed E-state index contributed by atoms with van der Waals surface area (Å²) >= 11 is 0. The van der Waals surface area contributed by atoms with Gasteiger partial charge in [-0.05, 0) is 13.8 Å². The van der Waals surface area contributed by atoms with E-state index in [0.717, 1.165) is 0 Å². The van der Waals surface area contributed by atoms with Crippen LogP contribution in [-0.4, -0.2) is 28.1 Å². The standard InChI is InChI=1S/C10H14N2O3/c1-3-12-7-8(6-11-12)9(13)5-10(14)15-4-2/h6-7H,3-5H2,1-2H3. The molecule has 1 rings (SSSR count). The SMILES string of the molecule is CCOC(=O)CC(=O)c1cnn(CC)c1. The van der Waals surface area contributed by atoms with Gasteiger partial charge in [0.1, 0.15) is 6.42 Å². The quantitative estimate of drug-likeness (QED) is 0.414. The number of aryl methyl sites for hydroxylation is 1. The van der Waals surface area contributed by atoms with Crippen molar-refractivity contribution >= 4 is 11.8 Å². The van der Waals surface area contributed by atoms with Gasteiger partial charge in [-0.25, -0.2) is 0 Å². The van der Waals surface area contributed by atoms with Crippen LogP contribution in [0.25, 0.3) is 0 Å². The van der Waals surface area contributed by atoms with Gasteiger partial charge in [-0.2, -0.15) is 5.10 Å². The van der Waals surface area contributed by atoms with Crippen molar-refractivity contribution < 1.29 is 14.3 Å². The van der Waals surface area contributed by atoms with Crippen LogP contribution in [0.4, 0.5) is 0 Å². The first-order valence-corrected chi connectivity index (χ1v) is 4.88. The molecule has 5 nitrogen and oxygen atoms in total. The largest absolute Gasteiger partial charge is 0.466 e. The number of rotatable bonds is 5. The highest BCUT2D eigenvalue weighted by atomic mass is 16.5. The molecule has 0 saturated carbocycles. The lowest BCUT2D eigenvalue weighted by molar-refractivity contribution is -0.141. The minimum atomic E-state index is -0.494. The van der Waals surface area contributed by atoms with Crippen LogP contribution < -0.4 is 0 Å². The number of carbonyl (C=O) groups is 2. The van der Waals surface area contributed by atoms with Crippen molar-refractivity contribution in [1.29, 1.82) is 0 Å².